The van der Waals surface area contributed by atoms with Gasteiger partial charge in [-0.3, -0.25) is 0 Å². The van der Waals surface area contributed by atoms with E-state index in [1.807, 2.05) is 12.1 Å². The van der Waals surface area contributed by atoms with E-state index in [1.165, 1.54) is 5.56 Å². The summed E-state index contributed by atoms with van der Waals surface area (Å²) in [6.07, 6.45) is 0. The Kier molecular flexibility index (Phi) is 5.45. The first-order valence-electron chi connectivity index (χ1n) is 6.08. The average Bonchev–Trinajstić information content (AvgIpc) is 2.35. The van der Waals surface area contributed by atoms with E-state index in [2.05, 4.69) is 50.3 Å². The normalized spacial score (nSPS) is 14.7. The van der Waals surface area contributed by atoms with Gasteiger partial charge in [0.2, 0.25) is 0 Å². The van der Waals surface area contributed by atoms with Crippen LogP contribution >= 0.6 is 0 Å². The van der Waals surface area contributed by atoms with Gasteiger partial charge >= 0.3 is 0 Å². The van der Waals surface area contributed by atoms with Gasteiger partial charge in [0.1, 0.15) is 5.75 Å². The molecule has 1 N–H and O–H groups in total. The summed E-state index contributed by atoms with van der Waals surface area (Å²) in [5.74, 6) is 0.905. The van der Waals surface area contributed by atoms with Gasteiger partial charge in [-0.1, -0.05) is 12.1 Å². The third kappa shape index (κ3) is 4.36. The molecule has 0 aliphatic heterocycles. The fraction of sp³-hybridized carbons (Fsp3) is 0.571. The number of nitrogens with zero attached hydrogens (tertiary/aromatic N) is 1. The highest BCUT2D eigenvalue weighted by Gasteiger charge is 2.08. The van der Waals surface area contributed by atoms with Crippen LogP contribution in [-0.2, 0) is 0 Å². The first-order chi connectivity index (χ1) is 8.04. The number of nitrogens with one attached hydrogen (secondary N) is 1. The molecule has 0 spiro atoms. The van der Waals surface area contributed by atoms with Gasteiger partial charge < -0.3 is 15.0 Å². The van der Waals surface area contributed by atoms with E-state index in [1.54, 1.807) is 7.11 Å². The number of ether oxygens (including phenoxy) is 1. The van der Waals surface area contributed by atoms with Crippen molar-refractivity contribution >= 4 is 0 Å². The first kappa shape index (κ1) is 14.0. The molecular formula is C14H24N2O. The third-order valence-electron chi connectivity index (χ3n) is 3.22. The van der Waals surface area contributed by atoms with Crippen LogP contribution in [0.2, 0.25) is 0 Å². The fourth-order valence-electron chi connectivity index (χ4n) is 1.54. The summed E-state index contributed by atoms with van der Waals surface area (Å²) in [4.78, 5) is 2.22. The van der Waals surface area contributed by atoms with Crippen LogP contribution in [0.5, 0.6) is 5.75 Å². The maximum Gasteiger partial charge on any atom is 0.118 e. The lowest BCUT2D eigenvalue weighted by atomic mass is 10.1. The zero-order valence-corrected chi connectivity index (χ0v) is 11.5. The van der Waals surface area contributed by atoms with Crippen LogP contribution in [0.1, 0.15) is 25.5 Å². The van der Waals surface area contributed by atoms with Crippen LogP contribution < -0.4 is 10.1 Å². The largest absolute Gasteiger partial charge is 0.497 e. The maximum absolute atomic E-state index is 5.15. The Balaban J connectivity index is 2.48. The quantitative estimate of drug-likeness (QED) is 0.820. The molecule has 3 nitrogen and oxygen atoms in total. The molecule has 3 heteroatoms. The predicted octanol–water partition coefficient (Wildman–Crippen LogP) is 2.30. The summed E-state index contributed by atoms with van der Waals surface area (Å²) in [6, 6.07) is 9.12. The van der Waals surface area contributed by atoms with Crippen molar-refractivity contribution in [3.05, 3.63) is 29.8 Å². The van der Waals surface area contributed by atoms with Crippen LogP contribution in [0.15, 0.2) is 24.3 Å². The molecule has 17 heavy (non-hydrogen) atoms. The smallest absolute Gasteiger partial charge is 0.118 e. The summed E-state index contributed by atoms with van der Waals surface area (Å²) in [6.45, 7) is 5.39. The molecule has 0 amide bonds. The standard InChI is InChI=1S/C14H24N2O/c1-11(16(3)4)10-15-12(2)13-6-8-14(17-5)9-7-13/h6-9,11-12,15H,10H2,1-5H3. The molecule has 0 saturated carbocycles. The van der Waals surface area contributed by atoms with Gasteiger partial charge in [0, 0.05) is 18.6 Å². The molecule has 1 aromatic carbocycles. The van der Waals surface area contributed by atoms with Crippen molar-refractivity contribution in [1.82, 2.24) is 10.2 Å². The number of hydrogen-bond acceptors (Lipinski definition) is 3. The molecule has 1 rings (SSSR count). The van der Waals surface area contributed by atoms with Crippen LogP contribution in [0.25, 0.3) is 0 Å². The van der Waals surface area contributed by atoms with E-state index >= 15 is 0 Å². The molecule has 0 aliphatic carbocycles. The molecule has 0 aromatic heterocycles. The van der Waals surface area contributed by atoms with Crippen molar-refractivity contribution in [2.45, 2.75) is 25.9 Å². The van der Waals surface area contributed by atoms with Gasteiger partial charge in [-0.2, -0.15) is 0 Å². The minimum atomic E-state index is 0.364. The lowest BCUT2D eigenvalue weighted by molar-refractivity contribution is 0.295. The molecule has 1 aromatic rings. The topological polar surface area (TPSA) is 24.5 Å². The Morgan fingerprint density at radius 1 is 1.18 bits per heavy atom. The molecule has 2 unspecified atom stereocenters. The van der Waals surface area contributed by atoms with E-state index in [-0.39, 0.29) is 0 Å². The number of methoxy groups -OCH3 is 1. The highest BCUT2D eigenvalue weighted by atomic mass is 16.5. The van der Waals surface area contributed by atoms with Crippen LogP contribution in [0.4, 0.5) is 0 Å². The molecule has 0 heterocycles. The van der Waals surface area contributed by atoms with Gasteiger partial charge in [-0.15, -0.1) is 0 Å². The second kappa shape index (κ2) is 6.62. The number of rotatable bonds is 6. The van der Waals surface area contributed by atoms with Crippen molar-refractivity contribution in [3.8, 4) is 5.75 Å². The van der Waals surface area contributed by atoms with E-state index in [0.717, 1.165) is 12.3 Å². The molecule has 2 atom stereocenters. The summed E-state index contributed by atoms with van der Waals surface area (Å²) in [5.41, 5.74) is 1.29. The van der Waals surface area contributed by atoms with E-state index in [9.17, 15) is 0 Å². The Morgan fingerprint density at radius 3 is 2.24 bits per heavy atom. The van der Waals surface area contributed by atoms with Crippen LogP contribution in [0.3, 0.4) is 0 Å². The van der Waals surface area contributed by atoms with Gasteiger partial charge in [0.25, 0.3) is 0 Å². The predicted molar refractivity (Wildman–Crippen MR) is 72.6 cm³/mol. The van der Waals surface area contributed by atoms with Crippen LogP contribution in [0, 0.1) is 0 Å². The highest BCUT2D eigenvalue weighted by molar-refractivity contribution is 5.28. The minimum absolute atomic E-state index is 0.364. The number of hydrogen-bond donors (Lipinski definition) is 1. The highest BCUT2D eigenvalue weighted by Crippen LogP contribution is 2.17. The average molecular weight is 236 g/mol. The van der Waals surface area contributed by atoms with Gasteiger partial charge in [0.05, 0.1) is 7.11 Å². The van der Waals surface area contributed by atoms with Gasteiger partial charge in [-0.25, -0.2) is 0 Å². The van der Waals surface area contributed by atoms with Crippen molar-refractivity contribution in [1.29, 1.82) is 0 Å². The maximum atomic E-state index is 5.15. The van der Waals surface area contributed by atoms with Gasteiger partial charge in [-0.05, 0) is 45.6 Å². The van der Waals surface area contributed by atoms with Gasteiger partial charge in [0.15, 0.2) is 0 Å². The third-order valence-corrected chi connectivity index (χ3v) is 3.22. The second-order valence-corrected chi connectivity index (χ2v) is 4.72. The summed E-state index contributed by atoms with van der Waals surface area (Å²) >= 11 is 0. The molecule has 0 aliphatic rings. The molecular weight excluding hydrogens is 212 g/mol. The van der Waals surface area contributed by atoms with E-state index < -0.39 is 0 Å². The van der Waals surface area contributed by atoms with E-state index in [0.29, 0.717) is 12.1 Å². The first-order valence-corrected chi connectivity index (χ1v) is 6.08. The van der Waals surface area contributed by atoms with Crippen molar-refractivity contribution in [3.63, 3.8) is 0 Å². The Hall–Kier alpha value is -1.06. The molecule has 0 bridgehead atoms. The van der Waals surface area contributed by atoms with Crippen LogP contribution in [-0.4, -0.2) is 38.7 Å². The molecule has 96 valence electrons. The number of benzene rings is 1. The monoisotopic (exact) mass is 236 g/mol. The van der Waals surface area contributed by atoms with Crippen molar-refractivity contribution in [2.24, 2.45) is 0 Å². The summed E-state index contributed by atoms with van der Waals surface area (Å²) in [7, 11) is 5.89. The minimum Gasteiger partial charge on any atom is -0.497 e. The van der Waals surface area contributed by atoms with Crippen molar-refractivity contribution in [2.75, 3.05) is 27.7 Å². The Morgan fingerprint density at radius 2 is 1.76 bits per heavy atom. The molecule has 0 fully saturated rings. The Labute approximate surface area is 105 Å². The fourth-order valence-corrected chi connectivity index (χ4v) is 1.54. The molecule has 0 radical (unpaired) electrons. The zero-order chi connectivity index (χ0) is 12.8. The van der Waals surface area contributed by atoms with E-state index in [4.69, 9.17) is 4.74 Å². The SMILES string of the molecule is COc1ccc(C(C)NCC(C)N(C)C)cc1. The summed E-state index contributed by atoms with van der Waals surface area (Å²) in [5, 5.41) is 3.53. The summed E-state index contributed by atoms with van der Waals surface area (Å²) < 4.78 is 5.15. The Bertz CT molecular complexity index is 321. The lowest BCUT2D eigenvalue weighted by Gasteiger charge is -2.23. The lowest BCUT2D eigenvalue weighted by Crippen LogP contribution is -2.36. The molecule has 0 saturated heterocycles. The number of likely N-dealkylation sites (N-methyl/N-ethyl adjacent to an activating group) is 1. The van der Waals surface area contributed by atoms with Crippen molar-refractivity contribution < 1.29 is 4.74 Å². The zero-order valence-electron chi connectivity index (χ0n) is 11.5. The second-order valence-electron chi connectivity index (χ2n) is 4.72.